The van der Waals surface area contributed by atoms with Crippen LogP contribution in [0.1, 0.15) is 18.6 Å². The molecule has 3 aromatic rings. The minimum absolute atomic E-state index is 0.303. The maximum absolute atomic E-state index is 14.9. The van der Waals surface area contributed by atoms with Crippen LogP contribution in [-0.2, 0) is 9.47 Å². The van der Waals surface area contributed by atoms with E-state index in [0.29, 0.717) is 41.5 Å². The molecule has 0 bridgehead atoms. The fraction of sp³-hybridized carbons (Fsp3) is 0.269. The average Bonchev–Trinajstić information content (AvgIpc) is 2.89. The summed E-state index contributed by atoms with van der Waals surface area (Å²) in [4.78, 5) is 14.8. The molecular formula is C26H27FN4O3. The maximum Gasteiger partial charge on any atom is 0.212 e. The average molecular weight is 463 g/mol. The van der Waals surface area contributed by atoms with Gasteiger partial charge < -0.3 is 19.5 Å². The first-order chi connectivity index (χ1) is 16.5. The molecule has 1 saturated heterocycles. The van der Waals surface area contributed by atoms with E-state index in [9.17, 15) is 9.50 Å². The van der Waals surface area contributed by atoms with Gasteiger partial charge in [0.2, 0.25) is 5.88 Å². The van der Waals surface area contributed by atoms with Crippen LogP contribution in [0.2, 0.25) is 0 Å². The van der Waals surface area contributed by atoms with Gasteiger partial charge in [-0.05, 0) is 55.1 Å². The molecule has 1 unspecified atom stereocenters. The van der Waals surface area contributed by atoms with Crippen LogP contribution in [0.3, 0.4) is 0 Å². The van der Waals surface area contributed by atoms with Gasteiger partial charge in [0, 0.05) is 35.8 Å². The lowest BCUT2D eigenvalue weighted by molar-refractivity contribution is 0.122. The second-order valence-corrected chi connectivity index (χ2v) is 7.94. The molecule has 1 fully saturated rings. The molecule has 1 aliphatic rings. The number of aliphatic hydroxyl groups is 1. The first kappa shape index (κ1) is 23.5. The van der Waals surface area contributed by atoms with Crippen molar-refractivity contribution in [2.24, 2.45) is 4.99 Å². The Kier molecular flexibility index (Phi) is 7.30. The third-order valence-corrected chi connectivity index (χ3v) is 5.84. The first-order valence-corrected chi connectivity index (χ1v) is 11.0. The molecule has 1 aromatic heterocycles. The fourth-order valence-electron chi connectivity index (χ4n) is 3.91. The summed E-state index contributed by atoms with van der Waals surface area (Å²) in [5.41, 5.74) is 3.73. The number of rotatable bonds is 7. The van der Waals surface area contributed by atoms with Crippen molar-refractivity contribution in [1.29, 1.82) is 0 Å². The Labute approximate surface area is 197 Å². The summed E-state index contributed by atoms with van der Waals surface area (Å²) in [6, 6.07) is 10.4. The Bertz CT molecular complexity index is 1250. The van der Waals surface area contributed by atoms with Crippen molar-refractivity contribution in [2.45, 2.75) is 13.0 Å². The number of morpholine rings is 1. The van der Waals surface area contributed by atoms with Crippen LogP contribution in [0.4, 0.5) is 10.1 Å². The van der Waals surface area contributed by atoms with Crippen LogP contribution >= 0.6 is 0 Å². The summed E-state index contributed by atoms with van der Waals surface area (Å²) in [6.07, 6.45) is 3.79. The highest BCUT2D eigenvalue weighted by molar-refractivity contribution is 5.94. The normalized spacial score (nSPS) is 15.9. The van der Waals surface area contributed by atoms with Crippen molar-refractivity contribution in [2.75, 3.05) is 38.3 Å². The molecule has 2 heterocycles. The van der Waals surface area contributed by atoms with Crippen LogP contribution < -0.4 is 4.90 Å². The number of anilines is 1. The Morgan fingerprint density at radius 3 is 2.74 bits per heavy atom. The van der Waals surface area contributed by atoms with E-state index in [-0.39, 0.29) is 0 Å². The van der Waals surface area contributed by atoms with Crippen LogP contribution in [0.25, 0.3) is 22.2 Å². The number of ether oxygens (including phenoxy) is 2. The Morgan fingerprint density at radius 2 is 2.00 bits per heavy atom. The number of aromatic nitrogens is 2. The molecule has 0 aliphatic carbocycles. The number of halogens is 1. The van der Waals surface area contributed by atoms with E-state index >= 15 is 0 Å². The lowest BCUT2D eigenvalue weighted by Crippen LogP contribution is -2.36. The predicted octanol–water partition coefficient (Wildman–Crippen LogP) is 4.44. The molecular weight excluding hydrogens is 435 g/mol. The van der Waals surface area contributed by atoms with Gasteiger partial charge in [0.1, 0.15) is 18.2 Å². The molecule has 0 radical (unpaired) electrons. The molecule has 4 rings (SSSR count). The molecule has 176 valence electrons. The molecule has 7 nitrogen and oxygen atoms in total. The topological polar surface area (TPSA) is 80.1 Å². The van der Waals surface area contributed by atoms with Gasteiger partial charge in [-0.3, -0.25) is 0 Å². The fourth-order valence-corrected chi connectivity index (χ4v) is 3.91. The van der Waals surface area contributed by atoms with E-state index in [1.54, 1.807) is 31.2 Å². The molecule has 1 aliphatic heterocycles. The van der Waals surface area contributed by atoms with Gasteiger partial charge in [-0.25, -0.2) is 19.4 Å². The van der Waals surface area contributed by atoms with Crippen LogP contribution in [0, 0.1) is 5.82 Å². The quantitative estimate of drug-likeness (QED) is 0.318. The van der Waals surface area contributed by atoms with E-state index in [0.717, 1.165) is 29.7 Å². The second kappa shape index (κ2) is 10.5. The summed E-state index contributed by atoms with van der Waals surface area (Å²) in [5, 5.41) is 11.6. The Morgan fingerprint density at radius 1 is 1.21 bits per heavy atom. The summed E-state index contributed by atoms with van der Waals surface area (Å²) in [6.45, 7) is 8.20. The third-order valence-electron chi connectivity index (χ3n) is 5.84. The standard InChI is InChI=1S/C26H27FN4O3/c1-17(4-9-24(28-2)33-3)26(32)18-5-8-22(27)21(14-18)25-20-7-6-19(15-23(20)29-16-30-25)31-10-12-34-13-11-31/h4-9,14-16,26,32H,2,10-13H2,1,3H3/b17-4+,24-9+. The number of hydrogen-bond acceptors (Lipinski definition) is 7. The monoisotopic (exact) mass is 462 g/mol. The van der Waals surface area contributed by atoms with E-state index in [1.165, 1.54) is 19.5 Å². The number of benzene rings is 2. The highest BCUT2D eigenvalue weighted by Gasteiger charge is 2.18. The van der Waals surface area contributed by atoms with E-state index in [1.807, 2.05) is 18.2 Å². The predicted molar refractivity (Wildman–Crippen MR) is 131 cm³/mol. The highest BCUT2D eigenvalue weighted by Crippen LogP contribution is 2.33. The first-order valence-electron chi connectivity index (χ1n) is 11.0. The summed E-state index contributed by atoms with van der Waals surface area (Å²) in [5.74, 6) is -0.0949. The van der Waals surface area contributed by atoms with Gasteiger partial charge in [0.15, 0.2) is 0 Å². The van der Waals surface area contributed by atoms with Gasteiger partial charge in [-0.15, -0.1) is 0 Å². The lowest BCUT2D eigenvalue weighted by Gasteiger charge is -2.29. The molecule has 1 N–H and O–H groups in total. The number of aliphatic imine (C=N–C) groups is 1. The van der Waals surface area contributed by atoms with Crippen molar-refractivity contribution in [3.05, 3.63) is 77.7 Å². The van der Waals surface area contributed by atoms with Crippen LogP contribution in [-0.4, -0.2) is 55.2 Å². The molecule has 2 aromatic carbocycles. The Hall–Kier alpha value is -3.62. The minimum atomic E-state index is -0.945. The van der Waals surface area contributed by atoms with Crippen LogP contribution in [0.15, 0.2) is 71.3 Å². The number of aliphatic hydroxyl groups excluding tert-OH is 1. The Balaban J connectivity index is 1.70. The highest BCUT2D eigenvalue weighted by atomic mass is 19.1. The van der Waals surface area contributed by atoms with Crippen LogP contribution in [0.5, 0.6) is 0 Å². The van der Waals surface area contributed by atoms with E-state index < -0.39 is 11.9 Å². The van der Waals surface area contributed by atoms with Gasteiger partial charge >= 0.3 is 0 Å². The third kappa shape index (κ3) is 4.98. The molecule has 0 saturated carbocycles. The van der Waals surface area contributed by atoms with E-state index in [4.69, 9.17) is 9.47 Å². The molecule has 1 atom stereocenters. The van der Waals surface area contributed by atoms with Gasteiger partial charge in [-0.1, -0.05) is 12.1 Å². The summed E-state index contributed by atoms with van der Waals surface area (Å²) in [7, 11) is 1.49. The van der Waals surface area contributed by atoms with Crippen molar-refractivity contribution in [3.63, 3.8) is 0 Å². The zero-order valence-electron chi connectivity index (χ0n) is 19.2. The largest absolute Gasteiger partial charge is 0.481 e. The lowest BCUT2D eigenvalue weighted by atomic mass is 9.97. The minimum Gasteiger partial charge on any atom is -0.481 e. The smallest absolute Gasteiger partial charge is 0.212 e. The van der Waals surface area contributed by atoms with Gasteiger partial charge in [-0.2, -0.15) is 0 Å². The SMILES string of the molecule is C=N/C(=C\C=C(/C)C(O)c1ccc(F)c(-c2ncnc3cc(N4CCOCC4)ccc23)c1)OC. The van der Waals surface area contributed by atoms with Gasteiger partial charge in [0.25, 0.3) is 0 Å². The number of allylic oxidation sites excluding steroid dienone is 2. The van der Waals surface area contributed by atoms with Gasteiger partial charge in [0.05, 0.1) is 31.5 Å². The second-order valence-electron chi connectivity index (χ2n) is 7.94. The summed E-state index contributed by atoms with van der Waals surface area (Å²) < 4.78 is 25.4. The molecule has 8 heteroatoms. The van der Waals surface area contributed by atoms with Crippen molar-refractivity contribution < 1.29 is 19.0 Å². The number of methoxy groups -OCH3 is 1. The number of fused-ring (bicyclic) bond motifs is 1. The number of nitrogens with zero attached hydrogens (tertiary/aromatic N) is 4. The molecule has 0 spiro atoms. The maximum atomic E-state index is 14.9. The van der Waals surface area contributed by atoms with Crippen molar-refractivity contribution in [1.82, 2.24) is 9.97 Å². The van der Waals surface area contributed by atoms with Crippen molar-refractivity contribution >= 4 is 23.3 Å². The zero-order valence-corrected chi connectivity index (χ0v) is 19.2. The molecule has 34 heavy (non-hydrogen) atoms. The molecule has 0 amide bonds. The zero-order chi connectivity index (χ0) is 24.1. The summed E-state index contributed by atoms with van der Waals surface area (Å²) >= 11 is 0. The van der Waals surface area contributed by atoms with E-state index in [2.05, 4.69) is 26.6 Å². The number of hydrogen-bond donors (Lipinski definition) is 1. The van der Waals surface area contributed by atoms with Crippen molar-refractivity contribution in [3.8, 4) is 11.3 Å².